The van der Waals surface area contributed by atoms with Crippen LogP contribution in [0.5, 0.6) is 5.75 Å². The van der Waals surface area contributed by atoms with Crippen molar-refractivity contribution in [3.63, 3.8) is 0 Å². The van der Waals surface area contributed by atoms with Crippen LogP contribution in [-0.2, 0) is 13.2 Å². The molecule has 0 fully saturated rings. The Labute approximate surface area is 141 Å². The van der Waals surface area contributed by atoms with Crippen LogP contribution in [0.25, 0.3) is 0 Å². The van der Waals surface area contributed by atoms with Gasteiger partial charge in [0.05, 0.1) is 8.95 Å². The van der Waals surface area contributed by atoms with Crippen molar-refractivity contribution >= 4 is 31.9 Å². The first-order chi connectivity index (χ1) is 10.2. The Morgan fingerprint density at radius 3 is 2.43 bits per heavy atom. The smallest absolute Gasteiger partial charge is 0.166 e. The maximum Gasteiger partial charge on any atom is 0.166 e. The van der Waals surface area contributed by atoms with E-state index in [-0.39, 0.29) is 0 Å². The molecule has 4 nitrogen and oxygen atoms in total. The zero-order valence-corrected chi connectivity index (χ0v) is 14.9. The van der Waals surface area contributed by atoms with Crippen molar-refractivity contribution in [1.82, 2.24) is 15.3 Å². The summed E-state index contributed by atoms with van der Waals surface area (Å²) in [4.78, 5) is 8.29. The third kappa shape index (κ3) is 5.05. The molecule has 0 unspecified atom stereocenters. The molecule has 1 N–H and O–H groups in total. The lowest BCUT2D eigenvalue weighted by Gasteiger charge is -2.12. The molecule has 0 spiro atoms. The summed E-state index contributed by atoms with van der Waals surface area (Å²) in [6, 6.07) is 5.91. The molecule has 0 aliphatic heterocycles. The van der Waals surface area contributed by atoms with Crippen LogP contribution in [0, 0.1) is 0 Å². The standard InChI is InChI=1S/C15H17Br2N3O/c1-2-4-18-9-11-7-12(16)15(13(17)8-11)21-10-14-19-5-3-6-20-14/h3,5-8,18H,2,4,9-10H2,1H3. The number of halogens is 2. The van der Waals surface area contributed by atoms with E-state index in [2.05, 4.69) is 66.2 Å². The fourth-order valence-corrected chi connectivity index (χ4v) is 3.31. The minimum absolute atomic E-state index is 0.339. The molecular weight excluding hydrogens is 398 g/mol. The van der Waals surface area contributed by atoms with Gasteiger partial charge in [-0.05, 0) is 68.6 Å². The Kier molecular flexibility index (Phi) is 6.60. The highest BCUT2D eigenvalue weighted by atomic mass is 79.9. The van der Waals surface area contributed by atoms with Crippen LogP contribution < -0.4 is 10.1 Å². The highest BCUT2D eigenvalue weighted by Crippen LogP contribution is 2.35. The lowest BCUT2D eigenvalue weighted by atomic mass is 10.2. The Morgan fingerprint density at radius 2 is 1.81 bits per heavy atom. The fourth-order valence-electron chi connectivity index (χ4n) is 1.80. The van der Waals surface area contributed by atoms with Crippen molar-refractivity contribution in [3.05, 3.63) is 50.9 Å². The Hall–Kier alpha value is -0.980. The van der Waals surface area contributed by atoms with Gasteiger partial charge < -0.3 is 10.1 Å². The van der Waals surface area contributed by atoms with Crippen LogP contribution in [0.1, 0.15) is 24.7 Å². The number of hydrogen-bond acceptors (Lipinski definition) is 4. The van der Waals surface area contributed by atoms with Gasteiger partial charge in [0, 0.05) is 18.9 Å². The number of nitrogens with zero attached hydrogens (tertiary/aromatic N) is 2. The van der Waals surface area contributed by atoms with Crippen LogP contribution in [0.2, 0.25) is 0 Å². The van der Waals surface area contributed by atoms with Crippen molar-refractivity contribution in [1.29, 1.82) is 0 Å². The van der Waals surface area contributed by atoms with E-state index in [1.165, 1.54) is 5.56 Å². The van der Waals surface area contributed by atoms with Crippen LogP contribution in [-0.4, -0.2) is 16.5 Å². The maximum atomic E-state index is 5.80. The zero-order chi connectivity index (χ0) is 15.1. The summed E-state index contributed by atoms with van der Waals surface area (Å²) in [5.41, 5.74) is 1.20. The second-order valence-corrected chi connectivity index (χ2v) is 6.23. The van der Waals surface area contributed by atoms with Gasteiger partial charge in [-0.15, -0.1) is 0 Å². The van der Waals surface area contributed by atoms with E-state index in [9.17, 15) is 0 Å². The molecule has 0 aliphatic rings. The van der Waals surface area contributed by atoms with E-state index in [0.29, 0.717) is 12.4 Å². The van der Waals surface area contributed by atoms with Crippen molar-refractivity contribution in [3.8, 4) is 5.75 Å². The molecule has 0 bridgehead atoms. The average molecular weight is 415 g/mol. The average Bonchev–Trinajstić information content (AvgIpc) is 2.48. The van der Waals surface area contributed by atoms with E-state index in [1.54, 1.807) is 18.5 Å². The molecule has 1 aromatic carbocycles. The Morgan fingerprint density at radius 1 is 1.14 bits per heavy atom. The number of hydrogen-bond donors (Lipinski definition) is 1. The predicted molar refractivity (Wildman–Crippen MR) is 90.2 cm³/mol. The minimum atomic E-state index is 0.339. The third-order valence-electron chi connectivity index (χ3n) is 2.78. The van der Waals surface area contributed by atoms with Crippen molar-refractivity contribution in [2.24, 2.45) is 0 Å². The quantitative estimate of drug-likeness (QED) is 0.693. The van der Waals surface area contributed by atoms with Gasteiger partial charge in [-0.25, -0.2) is 9.97 Å². The molecule has 1 heterocycles. The second kappa shape index (κ2) is 8.46. The Bertz CT molecular complexity index is 555. The van der Waals surface area contributed by atoms with Gasteiger partial charge in [0.25, 0.3) is 0 Å². The van der Waals surface area contributed by atoms with Crippen LogP contribution >= 0.6 is 31.9 Å². The van der Waals surface area contributed by atoms with Gasteiger partial charge in [-0.3, -0.25) is 0 Å². The molecule has 0 saturated carbocycles. The lowest BCUT2D eigenvalue weighted by Crippen LogP contribution is -2.13. The van der Waals surface area contributed by atoms with E-state index >= 15 is 0 Å². The van der Waals surface area contributed by atoms with E-state index in [1.807, 2.05) is 0 Å². The zero-order valence-electron chi connectivity index (χ0n) is 11.8. The Balaban J connectivity index is 2.03. The fraction of sp³-hybridized carbons (Fsp3) is 0.333. The molecule has 0 saturated heterocycles. The first-order valence-corrected chi connectivity index (χ1v) is 8.36. The summed E-state index contributed by atoms with van der Waals surface area (Å²) >= 11 is 7.11. The van der Waals surface area contributed by atoms with Gasteiger partial charge in [-0.1, -0.05) is 6.92 Å². The number of nitrogens with one attached hydrogen (secondary N) is 1. The van der Waals surface area contributed by atoms with E-state index in [0.717, 1.165) is 34.2 Å². The molecule has 2 aromatic rings. The summed E-state index contributed by atoms with van der Waals surface area (Å²) in [5.74, 6) is 1.42. The second-order valence-electron chi connectivity index (χ2n) is 4.52. The molecular formula is C15H17Br2N3O. The summed E-state index contributed by atoms with van der Waals surface area (Å²) in [5, 5.41) is 3.38. The first kappa shape index (κ1) is 16.4. The number of rotatable bonds is 7. The molecule has 0 atom stereocenters. The SMILES string of the molecule is CCCNCc1cc(Br)c(OCc2ncccn2)c(Br)c1. The topological polar surface area (TPSA) is 47.0 Å². The molecule has 0 aliphatic carbocycles. The lowest BCUT2D eigenvalue weighted by molar-refractivity contribution is 0.292. The first-order valence-electron chi connectivity index (χ1n) is 6.78. The molecule has 112 valence electrons. The van der Waals surface area contributed by atoms with Crippen LogP contribution in [0.3, 0.4) is 0 Å². The van der Waals surface area contributed by atoms with Gasteiger partial charge in [0.15, 0.2) is 5.82 Å². The van der Waals surface area contributed by atoms with E-state index < -0.39 is 0 Å². The van der Waals surface area contributed by atoms with Gasteiger partial charge in [0.2, 0.25) is 0 Å². The number of aromatic nitrogens is 2. The monoisotopic (exact) mass is 413 g/mol. The normalized spacial score (nSPS) is 10.6. The summed E-state index contributed by atoms with van der Waals surface area (Å²) < 4.78 is 7.63. The number of benzene rings is 1. The maximum absolute atomic E-state index is 5.80. The van der Waals surface area contributed by atoms with Crippen molar-refractivity contribution in [2.45, 2.75) is 26.5 Å². The van der Waals surface area contributed by atoms with Gasteiger partial charge >= 0.3 is 0 Å². The molecule has 1 aromatic heterocycles. The minimum Gasteiger partial charge on any atom is -0.483 e. The molecule has 2 rings (SSSR count). The van der Waals surface area contributed by atoms with Gasteiger partial charge in [-0.2, -0.15) is 0 Å². The van der Waals surface area contributed by atoms with Crippen molar-refractivity contribution < 1.29 is 4.74 Å². The molecule has 0 amide bonds. The van der Waals surface area contributed by atoms with Crippen LogP contribution in [0.15, 0.2) is 39.5 Å². The summed E-state index contributed by atoms with van der Waals surface area (Å²) in [6.45, 7) is 4.35. The molecule has 0 radical (unpaired) electrons. The number of ether oxygens (including phenoxy) is 1. The third-order valence-corrected chi connectivity index (χ3v) is 3.96. The van der Waals surface area contributed by atoms with Crippen molar-refractivity contribution in [2.75, 3.05) is 6.54 Å². The molecule has 6 heteroatoms. The van der Waals surface area contributed by atoms with E-state index in [4.69, 9.17) is 4.74 Å². The summed E-state index contributed by atoms with van der Waals surface area (Å²) in [6.07, 6.45) is 4.54. The summed E-state index contributed by atoms with van der Waals surface area (Å²) in [7, 11) is 0. The highest BCUT2D eigenvalue weighted by Gasteiger charge is 2.10. The van der Waals surface area contributed by atoms with Crippen LogP contribution in [0.4, 0.5) is 0 Å². The predicted octanol–water partition coefficient (Wildman–Crippen LogP) is 4.08. The molecule has 21 heavy (non-hydrogen) atoms. The van der Waals surface area contributed by atoms with Gasteiger partial charge in [0.1, 0.15) is 12.4 Å². The largest absolute Gasteiger partial charge is 0.483 e. The highest BCUT2D eigenvalue weighted by molar-refractivity contribution is 9.11.